The molecule has 2 aromatic rings. The Morgan fingerprint density at radius 3 is 2.55 bits per heavy atom. The first kappa shape index (κ1) is 21.0. The maximum Gasteiger partial charge on any atom is 0.293 e. The summed E-state index contributed by atoms with van der Waals surface area (Å²) in [7, 11) is 0. The first-order valence-electron chi connectivity index (χ1n) is 9.65. The third kappa shape index (κ3) is 5.00. The number of hydrogen-bond donors (Lipinski definition) is 1. The Balaban J connectivity index is 2.00. The molecule has 1 aromatic heterocycles. The number of piperidine rings is 1. The predicted octanol–water partition coefficient (Wildman–Crippen LogP) is 2.56. The number of nitro benzene ring substituents is 1. The van der Waals surface area contributed by atoms with Crippen LogP contribution in [0, 0.1) is 15.5 Å². The Labute approximate surface area is 172 Å². The summed E-state index contributed by atoms with van der Waals surface area (Å²) in [5.41, 5.74) is 0.402. The molecule has 1 fully saturated rings. The smallest absolute Gasteiger partial charge is 0.293 e. The lowest BCUT2D eigenvalue weighted by Gasteiger charge is -2.28. The van der Waals surface area contributed by atoms with E-state index in [-0.39, 0.29) is 22.0 Å². The maximum atomic E-state index is 12.3. The van der Waals surface area contributed by atoms with Crippen molar-refractivity contribution in [3.8, 4) is 0 Å². The van der Waals surface area contributed by atoms with Crippen molar-refractivity contribution in [2.24, 2.45) is 5.41 Å². The van der Waals surface area contributed by atoms with E-state index in [0.717, 1.165) is 32.4 Å². The lowest BCUT2D eigenvalue weighted by molar-refractivity contribution is -0.384. The molecule has 29 heavy (non-hydrogen) atoms. The van der Waals surface area contributed by atoms with Crippen LogP contribution < -0.4 is 19.7 Å². The van der Waals surface area contributed by atoms with E-state index >= 15 is 0 Å². The van der Waals surface area contributed by atoms with Crippen LogP contribution in [0.1, 0.15) is 45.6 Å². The lowest BCUT2D eigenvalue weighted by Crippen LogP contribution is -2.29. The van der Waals surface area contributed by atoms with Gasteiger partial charge in [-0.1, -0.05) is 26.8 Å². The van der Waals surface area contributed by atoms with E-state index in [0.29, 0.717) is 20.4 Å². The van der Waals surface area contributed by atoms with Gasteiger partial charge in [-0.25, -0.2) is 0 Å². The molecule has 2 heterocycles. The number of nitro groups is 1. The number of carbonyl (C=O) groups is 1. The highest BCUT2D eigenvalue weighted by molar-refractivity contribution is 7.07. The average Bonchev–Trinajstić information content (AvgIpc) is 3.00. The van der Waals surface area contributed by atoms with Gasteiger partial charge < -0.3 is 9.88 Å². The number of thiazole rings is 1. The van der Waals surface area contributed by atoms with Crippen molar-refractivity contribution in [3.63, 3.8) is 0 Å². The Morgan fingerprint density at radius 2 is 1.93 bits per heavy atom. The SMILES string of the molecule is CC(C)(C)C(=O)/C=c1/[nH]c(=O)/c(=C/c2ccc(N3CCCCC3)c([N+](=O)[O-])c2)s1. The summed E-state index contributed by atoms with van der Waals surface area (Å²) in [6.45, 7) is 7.07. The predicted molar refractivity (Wildman–Crippen MR) is 116 cm³/mol. The van der Waals surface area contributed by atoms with Crippen LogP contribution in [-0.2, 0) is 4.79 Å². The molecule has 7 nitrogen and oxygen atoms in total. The quantitative estimate of drug-likeness (QED) is 0.612. The van der Waals surface area contributed by atoms with E-state index in [2.05, 4.69) is 9.88 Å². The van der Waals surface area contributed by atoms with E-state index in [1.54, 1.807) is 18.2 Å². The van der Waals surface area contributed by atoms with Crippen LogP contribution in [0.25, 0.3) is 12.2 Å². The molecule has 0 amide bonds. The Bertz CT molecular complexity index is 1100. The molecule has 8 heteroatoms. The molecular weight excluding hydrogens is 390 g/mol. The van der Waals surface area contributed by atoms with Gasteiger partial charge >= 0.3 is 0 Å². The highest BCUT2D eigenvalue weighted by atomic mass is 32.1. The fourth-order valence-corrected chi connectivity index (χ4v) is 4.08. The van der Waals surface area contributed by atoms with Gasteiger partial charge in [-0.15, -0.1) is 11.3 Å². The monoisotopic (exact) mass is 415 g/mol. The highest BCUT2D eigenvalue weighted by Gasteiger charge is 2.21. The van der Waals surface area contributed by atoms with Gasteiger partial charge in [-0.3, -0.25) is 19.7 Å². The summed E-state index contributed by atoms with van der Waals surface area (Å²) in [6, 6.07) is 5.06. The van der Waals surface area contributed by atoms with Crippen LogP contribution in [0.4, 0.5) is 11.4 Å². The molecule has 1 aliphatic heterocycles. The van der Waals surface area contributed by atoms with Crippen LogP contribution in [0.5, 0.6) is 0 Å². The summed E-state index contributed by atoms with van der Waals surface area (Å²) >= 11 is 1.17. The van der Waals surface area contributed by atoms with Gasteiger partial charge in [-0.2, -0.15) is 0 Å². The molecule has 1 saturated heterocycles. The fraction of sp³-hybridized carbons (Fsp3) is 0.429. The summed E-state index contributed by atoms with van der Waals surface area (Å²) in [4.78, 5) is 40.4. The van der Waals surface area contributed by atoms with Crippen LogP contribution in [0.3, 0.4) is 0 Å². The van der Waals surface area contributed by atoms with Crippen LogP contribution in [0.2, 0.25) is 0 Å². The molecule has 0 unspecified atom stereocenters. The number of aromatic nitrogens is 1. The zero-order valence-corrected chi connectivity index (χ0v) is 17.7. The normalized spacial score (nSPS) is 16.3. The zero-order chi connectivity index (χ0) is 21.2. The number of rotatable bonds is 4. The van der Waals surface area contributed by atoms with E-state index in [4.69, 9.17) is 0 Å². The highest BCUT2D eigenvalue weighted by Crippen LogP contribution is 2.31. The Morgan fingerprint density at radius 1 is 1.24 bits per heavy atom. The standard InChI is InChI=1S/C21H25N3O4S/c1-21(2,3)18(25)13-19-22-20(26)17(29-19)12-14-7-8-15(16(11-14)24(27)28)23-9-5-4-6-10-23/h7-8,11-13H,4-6,9-10H2,1-3H3,(H,22,26)/b17-12-,19-13-. The molecular formula is C21H25N3O4S. The second-order valence-electron chi connectivity index (χ2n) is 8.24. The molecule has 0 atom stereocenters. The first-order valence-corrected chi connectivity index (χ1v) is 10.5. The van der Waals surface area contributed by atoms with Crippen molar-refractivity contribution in [2.75, 3.05) is 18.0 Å². The van der Waals surface area contributed by atoms with Crippen LogP contribution in [-0.4, -0.2) is 28.8 Å². The van der Waals surface area contributed by atoms with Gasteiger partial charge in [0, 0.05) is 30.6 Å². The Hall–Kier alpha value is -2.74. The van der Waals surface area contributed by atoms with Crippen molar-refractivity contribution in [3.05, 3.63) is 53.4 Å². The number of aromatic amines is 1. The lowest BCUT2D eigenvalue weighted by atomic mass is 9.91. The van der Waals surface area contributed by atoms with Gasteiger partial charge in [0.25, 0.3) is 11.2 Å². The summed E-state index contributed by atoms with van der Waals surface area (Å²) in [5, 5.41) is 11.6. The first-order chi connectivity index (χ1) is 13.6. The zero-order valence-electron chi connectivity index (χ0n) is 16.9. The molecule has 3 rings (SSSR count). The summed E-state index contributed by atoms with van der Waals surface area (Å²) in [6.07, 6.45) is 6.26. The number of H-pyrrole nitrogens is 1. The van der Waals surface area contributed by atoms with Crippen molar-refractivity contribution < 1.29 is 9.72 Å². The van der Waals surface area contributed by atoms with Crippen molar-refractivity contribution in [1.29, 1.82) is 0 Å². The number of carbonyl (C=O) groups excluding carboxylic acids is 1. The molecule has 0 bridgehead atoms. The number of Topliss-reactive ketones (excluding diaryl/α,β-unsaturated/α-hetero) is 1. The average molecular weight is 416 g/mol. The molecule has 1 aliphatic rings. The fourth-order valence-electron chi connectivity index (χ4n) is 3.19. The number of ketones is 1. The van der Waals surface area contributed by atoms with E-state index in [1.165, 1.54) is 23.5 Å². The van der Waals surface area contributed by atoms with E-state index in [9.17, 15) is 19.7 Å². The number of nitrogens with zero attached hydrogens (tertiary/aromatic N) is 2. The van der Waals surface area contributed by atoms with Gasteiger partial charge in [0.15, 0.2) is 5.78 Å². The molecule has 0 aliphatic carbocycles. The molecule has 154 valence electrons. The van der Waals surface area contributed by atoms with Gasteiger partial charge in [0.05, 0.1) is 14.1 Å². The number of nitrogens with one attached hydrogen (secondary N) is 1. The third-order valence-corrected chi connectivity index (χ3v) is 5.84. The third-order valence-electron chi connectivity index (χ3n) is 4.87. The van der Waals surface area contributed by atoms with Crippen molar-refractivity contribution >= 4 is 40.6 Å². The second kappa shape index (κ2) is 8.32. The minimum atomic E-state index is -0.532. The van der Waals surface area contributed by atoms with Crippen molar-refractivity contribution in [1.82, 2.24) is 4.98 Å². The molecule has 1 N–H and O–H groups in total. The van der Waals surface area contributed by atoms with Gasteiger partial charge in [0.2, 0.25) is 0 Å². The second-order valence-corrected chi connectivity index (χ2v) is 9.32. The van der Waals surface area contributed by atoms with Crippen LogP contribution in [0.15, 0.2) is 23.0 Å². The Kier molecular flexibility index (Phi) is 6.02. The van der Waals surface area contributed by atoms with E-state index in [1.807, 2.05) is 20.8 Å². The molecule has 0 saturated carbocycles. The number of anilines is 1. The van der Waals surface area contributed by atoms with E-state index < -0.39 is 5.41 Å². The summed E-state index contributed by atoms with van der Waals surface area (Å²) in [5.74, 6) is -0.0805. The van der Waals surface area contributed by atoms with Gasteiger partial charge in [0.1, 0.15) is 5.69 Å². The molecule has 0 spiro atoms. The largest absolute Gasteiger partial charge is 0.366 e. The minimum absolute atomic E-state index is 0.0448. The molecule has 0 radical (unpaired) electrons. The number of hydrogen-bond acceptors (Lipinski definition) is 6. The van der Waals surface area contributed by atoms with Crippen LogP contribution >= 0.6 is 11.3 Å². The molecule has 1 aromatic carbocycles. The maximum absolute atomic E-state index is 12.3. The topological polar surface area (TPSA) is 96.3 Å². The summed E-state index contributed by atoms with van der Waals surface area (Å²) < 4.78 is 0.874. The van der Waals surface area contributed by atoms with Gasteiger partial charge in [-0.05, 0) is 37.0 Å². The minimum Gasteiger partial charge on any atom is -0.366 e. The van der Waals surface area contributed by atoms with Crippen molar-refractivity contribution in [2.45, 2.75) is 40.0 Å². The number of benzene rings is 1.